The van der Waals surface area contributed by atoms with Crippen molar-refractivity contribution in [3.63, 3.8) is 0 Å². The molecule has 0 spiro atoms. The Kier molecular flexibility index (Phi) is 7.03. The summed E-state index contributed by atoms with van der Waals surface area (Å²) in [5.41, 5.74) is 1.74. The zero-order valence-corrected chi connectivity index (χ0v) is 19.4. The summed E-state index contributed by atoms with van der Waals surface area (Å²) in [6.07, 6.45) is 1.61. The van der Waals surface area contributed by atoms with Crippen molar-refractivity contribution in [3.8, 4) is 5.75 Å². The largest absolute Gasteiger partial charge is 0.483 e. The second kappa shape index (κ2) is 10.1. The number of carbonyl (C=O) groups excluding carboxylic acids is 2. The van der Waals surface area contributed by atoms with E-state index in [4.69, 9.17) is 33.3 Å². The van der Waals surface area contributed by atoms with E-state index in [1.165, 1.54) is 4.90 Å². The van der Waals surface area contributed by atoms with Gasteiger partial charge in [-0.15, -0.1) is 0 Å². The molecule has 0 saturated carbocycles. The summed E-state index contributed by atoms with van der Waals surface area (Å²) >= 11 is 13.1. The molecular weight excluding hydrogens is 481 g/mol. The number of anilines is 2. The van der Waals surface area contributed by atoms with Crippen LogP contribution in [0.5, 0.6) is 5.75 Å². The minimum atomic E-state index is -0.353. The standard InChI is InChI=1S/C24H17Cl2N3O3S/c25-16-6-9-18(10-7-16)28-22(30)14-32-20-11-8-17(26)12-15(20)13-21-23(31)29(24(27)33-21)19-4-2-1-3-5-19/h1-13,27H,14H2,(H,28,30)/b21-13-,27-24?. The maximum absolute atomic E-state index is 13.0. The first-order chi connectivity index (χ1) is 15.9. The van der Waals surface area contributed by atoms with Crippen molar-refractivity contribution in [1.29, 1.82) is 5.41 Å². The number of rotatable bonds is 6. The van der Waals surface area contributed by atoms with Crippen LogP contribution >= 0.6 is 35.0 Å². The van der Waals surface area contributed by atoms with Crippen LogP contribution in [-0.4, -0.2) is 23.6 Å². The van der Waals surface area contributed by atoms with Crippen LogP contribution in [-0.2, 0) is 9.59 Å². The fraction of sp³-hybridized carbons (Fsp3) is 0.0417. The number of ether oxygens (including phenoxy) is 1. The Morgan fingerprint density at radius 2 is 1.73 bits per heavy atom. The molecule has 4 rings (SSSR count). The second-order valence-electron chi connectivity index (χ2n) is 6.92. The number of amidine groups is 1. The molecule has 2 amide bonds. The third-order valence-corrected chi connectivity index (χ3v) is 5.96. The maximum Gasteiger partial charge on any atom is 0.271 e. The van der Waals surface area contributed by atoms with Crippen molar-refractivity contribution >= 4 is 69.4 Å². The van der Waals surface area contributed by atoms with Crippen molar-refractivity contribution in [3.05, 3.63) is 93.3 Å². The van der Waals surface area contributed by atoms with Gasteiger partial charge < -0.3 is 10.1 Å². The van der Waals surface area contributed by atoms with Crippen LogP contribution in [0.1, 0.15) is 5.56 Å². The predicted octanol–water partition coefficient (Wildman–Crippen LogP) is 6.07. The van der Waals surface area contributed by atoms with Gasteiger partial charge in [-0.25, -0.2) is 0 Å². The van der Waals surface area contributed by atoms with Gasteiger partial charge in [0.1, 0.15) is 5.75 Å². The van der Waals surface area contributed by atoms with Crippen molar-refractivity contribution in [2.75, 3.05) is 16.8 Å². The lowest BCUT2D eigenvalue weighted by Crippen LogP contribution is -2.27. The van der Waals surface area contributed by atoms with Gasteiger partial charge in [0.2, 0.25) is 0 Å². The Balaban J connectivity index is 1.50. The van der Waals surface area contributed by atoms with Gasteiger partial charge in [-0.1, -0.05) is 41.4 Å². The highest BCUT2D eigenvalue weighted by molar-refractivity contribution is 8.19. The number of benzene rings is 3. The molecule has 1 aliphatic heterocycles. The normalized spacial score (nSPS) is 14.6. The second-order valence-corrected chi connectivity index (χ2v) is 8.82. The molecule has 2 N–H and O–H groups in total. The van der Waals surface area contributed by atoms with E-state index in [-0.39, 0.29) is 23.6 Å². The average Bonchev–Trinajstić information content (AvgIpc) is 3.08. The molecule has 166 valence electrons. The van der Waals surface area contributed by atoms with Crippen molar-refractivity contribution in [2.45, 2.75) is 0 Å². The molecule has 0 bridgehead atoms. The van der Waals surface area contributed by atoms with Crippen LogP contribution in [0.25, 0.3) is 6.08 Å². The molecule has 0 aromatic heterocycles. The van der Waals surface area contributed by atoms with E-state index in [2.05, 4.69) is 5.32 Å². The highest BCUT2D eigenvalue weighted by Crippen LogP contribution is 2.36. The first-order valence-electron chi connectivity index (χ1n) is 9.76. The third-order valence-electron chi connectivity index (χ3n) is 4.58. The Labute approximate surface area is 204 Å². The van der Waals surface area contributed by atoms with Crippen LogP contribution in [0.3, 0.4) is 0 Å². The van der Waals surface area contributed by atoms with Crippen molar-refractivity contribution in [2.24, 2.45) is 0 Å². The van der Waals surface area contributed by atoms with Crippen LogP contribution in [0.15, 0.2) is 77.7 Å². The number of nitrogens with zero attached hydrogens (tertiary/aromatic N) is 1. The zero-order chi connectivity index (χ0) is 23.4. The van der Waals surface area contributed by atoms with Gasteiger partial charge in [-0.05, 0) is 72.4 Å². The number of amides is 2. The summed E-state index contributed by atoms with van der Waals surface area (Å²) in [7, 11) is 0. The summed E-state index contributed by atoms with van der Waals surface area (Å²) in [5.74, 6) is -0.284. The van der Waals surface area contributed by atoms with Crippen LogP contribution in [0, 0.1) is 5.41 Å². The van der Waals surface area contributed by atoms with E-state index in [1.54, 1.807) is 72.8 Å². The monoisotopic (exact) mass is 497 g/mol. The topological polar surface area (TPSA) is 82.5 Å². The van der Waals surface area contributed by atoms with Gasteiger partial charge in [0.15, 0.2) is 11.8 Å². The van der Waals surface area contributed by atoms with Gasteiger partial charge in [0, 0.05) is 21.3 Å². The number of para-hydroxylation sites is 1. The van der Waals surface area contributed by atoms with Gasteiger partial charge in [0.05, 0.1) is 10.6 Å². The molecule has 6 nitrogen and oxygen atoms in total. The number of hydrogen-bond acceptors (Lipinski definition) is 5. The van der Waals surface area contributed by atoms with Crippen LogP contribution in [0.4, 0.5) is 11.4 Å². The summed E-state index contributed by atoms with van der Waals surface area (Å²) in [6, 6.07) is 20.6. The molecular formula is C24H17Cl2N3O3S. The summed E-state index contributed by atoms with van der Waals surface area (Å²) in [6.45, 7) is -0.243. The van der Waals surface area contributed by atoms with E-state index < -0.39 is 0 Å². The smallest absolute Gasteiger partial charge is 0.271 e. The molecule has 3 aromatic carbocycles. The summed E-state index contributed by atoms with van der Waals surface area (Å²) in [5, 5.41) is 12.1. The lowest BCUT2D eigenvalue weighted by atomic mass is 10.1. The lowest BCUT2D eigenvalue weighted by Gasteiger charge is -2.13. The highest BCUT2D eigenvalue weighted by atomic mass is 35.5. The molecule has 0 aliphatic carbocycles. The summed E-state index contributed by atoms with van der Waals surface area (Å²) < 4.78 is 5.70. The Bertz CT molecular complexity index is 1250. The van der Waals surface area contributed by atoms with E-state index in [1.807, 2.05) is 6.07 Å². The lowest BCUT2D eigenvalue weighted by molar-refractivity contribution is -0.118. The SMILES string of the molecule is N=C1S/C(=C\c2cc(Cl)ccc2OCC(=O)Nc2ccc(Cl)cc2)C(=O)N1c1ccccc1. The van der Waals surface area contributed by atoms with Gasteiger partial charge in [-0.3, -0.25) is 19.9 Å². The molecule has 0 radical (unpaired) electrons. The van der Waals surface area contributed by atoms with Gasteiger partial charge in [-0.2, -0.15) is 0 Å². The van der Waals surface area contributed by atoms with Crippen molar-refractivity contribution < 1.29 is 14.3 Å². The molecule has 9 heteroatoms. The molecule has 0 atom stereocenters. The molecule has 3 aromatic rings. The highest BCUT2D eigenvalue weighted by Gasteiger charge is 2.33. The Hall–Kier alpha value is -3.26. The first kappa shape index (κ1) is 22.9. The molecule has 1 aliphatic rings. The molecule has 1 saturated heterocycles. The Morgan fingerprint density at radius 3 is 2.45 bits per heavy atom. The number of carbonyl (C=O) groups is 2. The van der Waals surface area contributed by atoms with Gasteiger partial charge in [0.25, 0.3) is 11.8 Å². The molecule has 1 fully saturated rings. The van der Waals surface area contributed by atoms with E-state index >= 15 is 0 Å². The maximum atomic E-state index is 13.0. The number of halogens is 2. The van der Waals surface area contributed by atoms with Crippen molar-refractivity contribution in [1.82, 2.24) is 0 Å². The fourth-order valence-corrected chi connectivity index (χ4v) is 4.24. The summed E-state index contributed by atoms with van der Waals surface area (Å²) in [4.78, 5) is 26.9. The minimum absolute atomic E-state index is 0.101. The average molecular weight is 498 g/mol. The zero-order valence-electron chi connectivity index (χ0n) is 17.0. The van der Waals surface area contributed by atoms with Crippen LogP contribution < -0.4 is 15.0 Å². The number of hydrogen-bond donors (Lipinski definition) is 2. The quantitative estimate of drug-likeness (QED) is 0.405. The number of nitrogens with one attached hydrogen (secondary N) is 2. The van der Waals surface area contributed by atoms with Gasteiger partial charge >= 0.3 is 0 Å². The van der Waals surface area contributed by atoms with Crippen LogP contribution in [0.2, 0.25) is 10.0 Å². The first-order valence-corrected chi connectivity index (χ1v) is 11.3. The van der Waals surface area contributed by atoms with E-state index in [0.717, 1.165) is 11.8 Å². The number of thioether (sulfide) groups is 1. The van der Waals surface area contributed by atoms with E-state index in [0.29, 0.717) is 37.6 Å². The molecule has 1 heterocycles. The fourth-order valence-electron chi connectivity index (χ4n) is 3.08. The Morgan fingerprint density at radius 1 is 1.03 bits per heavy atom. The molecule has 0 unspecified atom stereocenters. The minimum Gasteiger partial charge on any atom is -0.483 e. The third kappa shape index (κ3) is 5.57. The molecule has 33 heavy (non-hydrogen) atoms. The van der Waals surface area contributed by atoms with E-state index in [9.17, 15) is 9.59 Å². The predicted molar refractivity (Wildman–Crippen MR) is 134 cm³/mol.